The van der Waals surface area contributed by atoms with E-state index in [2.05, 4.69) is 15.5 Å². The molecule has 0 aliphatic heterocycles. The minimum atomic E-state index is -4.49. The van der Waals surface area contributed by atoms with Crippen molar-refractivity contribution in [1.29, 1.82) is 0 Å². The minimum Gasteiger partial charge on any atom is -0.346 e. The van der Waals surface area contributed by atoms with Gasteiger partial charge in [0.15, 0.2) is 5.82 Å². The summed E-state index contributed by atoms with van der Waals surface area (Å²) in [7, 11) is 1.69. The third-order valence-electron chi connectivity index (χ3n) is 3.50. The average molecular weight is 326 g/mol. The summed E-state index contributed by atoms with van der Waals surface area (Å²) < 4.78 is 41.3. The highest BCUT2D eigenvalue weighted by molar-refractivity contribution is 5.77. The van der Waals surface area contributed by atoms with E-state index < -0.39 is 30.5 Å². The van der Waals surface area contributed by atoms with Crippen molar-refractivity contribution in [1.82, 2.24) is 20.1 Å². The fourth-order valence-corrected chi connectivity index (χ4v) is 2.34. The largest absolute Gasteiger partial charge is 0.396 e. The normalized spacial score (nSPS) is 14.3. The summed E-state index contributed by atoms with van der Waals surface area (Å²) in [6, 6.07) is 6.89. The first kappa shape index (κ1) is 17.0. The molecule has 1 N–H and O–H groups in total. The van der Waals surface area contributed by atoms with Crippen LogP contribution in [0.2, 0.25) is 0 Å². The standard InChI is InChI=1S/C15H17F3N4O/c1-10(14-21-19-9-22(14)2)20-13(23)8-12(15(16,17)18)11-6-4-3-5-7-11/h3-7,9-10,12H,8H2,1-2H3,(H,20,23). The van der Waals surface area contributed by atoms with Crippen LogP contribution in [0.15, 0.2) is 36.7 Å². The molecular weight excluding hydrogens is 309 g/mol. The maximum atomic E-state index is 13.2. The molecule has 23 heavy (non-hydrogen) atoms. The lowest BCUT2D eigenvalue weighted by atomic mass is 9.94. The third kappa shape index (κ3) is 4.30. The number of nitrogens with zero attached hydrogens (tertiary/aromatic N) is 3. The molecule has 0 aliphatic rings. The fraction of sp³-hybridized carbons (Fsp3) is 0.400. The van der Waals surface area contributed by atoms with Gasteiger partial charge in [0.25, 0.3) is 0 Å². The summed E-state index contributed by atoms with van der Waals surface area (Å²) in [6.45, 7) is 1.65. The number of amides is 1. The van der Waals surface area contributed by atoms with Gasteiger partial charge in [-0.3, -0.25) is 4.79 Å². The zero-order valence-electron chi connectivity index (χ0n) is 12.7. The van der Waals surface area contributed by atoms with E-state index in [0.717, 1.165) is 0 Å². The first-order valence-corrected chi connectivity index (χ1v) is 7.04. The summed E-state index contributed by atoms with van der Waals surface area (Å²) in [5, 5.41) is 10.0. The average Bonchev–Trinajstić information content (AvgIpc) is 2.91. The van der Waals surface area contributed by atoms with Gasteiger partial charge in [-0.25, -0.2) is 0 Å². The summed E-state index contributed by atoms with van der Waals surface area (Å²) in [4.78, 5) is 12.0. The van der Waals surface area contributed by atoms with Gasteiger partial charge in [-0.05, 0) is 12.5 Å². The molecule has 0 fully saturated rings. The van der Waals surface area contributed by atoms with Crippen molar-refractivity contribution < 1.29 is 18.0 Å². The minimum absolute atomic E-state index is 0.0708. The number of hydrogen-bond donors (Lipinski definition) is 1. The molecule has 124 valence electrons. The molecule has 0 radical (unpaired) electrons. The first-order valence-electron chi connectivity index (χ1n) is 7.04. The van der Waals surface area contributed by atoms with Gasteiger partial charge in [-0.15, -0.1) is 10.2 Å². The van der Waals surface area contributed by atoms with E-state index >= 15 is 0 Å². The Morgan fingerprint density at radius 3 is 2.48 bits per heavy atom. The highest BCUT2D eigenvalue weighted by Gasteiger charge is 2.42. The van der Waals surface area contributed by atoms with Gasteiger partial charge < -0.3 is 9.88 Å². The van der Waals surface area contributed by atoms with Crippen LogP contribution in [0.3, 0.4) is 0 Å². The molecule has 1 heterocycles. The monoisotopic (exact) mass is 326 g/mol. The van der Waals surface area contributed by atoms with Crippen LogP contribution in [0.4, 0.5) is 13.2 Å². The Bertz CT molecular complexity index is 654. The lowest BCUT2D eigenvalue weighted by molar-refractivity contribution is -0.157. The van der Waals surface area contributed by atoms with E-state index in [4.69, 9.17) is 0 Å². The molecule has 1 aromatic carbocycles. The van der Waals surface area contributed by atoms with Crippen molar-refractivity contribution in [2.24, 2.45) is 7.05 Å². The number of rotatable bonds is 5. The van der Waals surface area contributed by atoms with Crippen molar-refractivity contribution in [3.05, 3.63) is 48.0 Å². The molecule has 5 nitrogen and oxygen atoms in total. The van der Waals surface area contributed by atoms with E-state index in [1.165, 1.54) is 30.6 Å². The third-order valence-corrected chi connectivity index (χ3v) is 3.50. The van der Waals surface area contributed by atoms with E-state index in [9.17, 15) is 18.0 Å². The van der Waals surface area contributed by atoms with Crippen LogP contribution in [0.1, 0.15) is 36.7 Å². The zero-order chi connectivity index (χ0) is 17.0. The Hall–Kier alpha value is -2.38. The lowest BCUT2D eigenvalue weighted by Crippen LogP contribution is -2.33. The second-order valence-electron chi connectivity index (χ2n) is 5.30. The smallest absolute Gasteiger partial charge is 0.346 e. The van der Waals surface area contributed by atoms with Crippen LogP contribution >= 0.6 is 0 Å². The van der Waals surface area contributed by atoms with E-state index in [0.29, 0.717) is 5.82 Å². The molecule has 1 amide bonds. The molecule has 0 saturated heterocycles. The molecule has 1 aromatic heterocycles. The highest BCUT2D eigenvalue weighted by Crippen LogP contribution is 2.37. The molecule has 2 atom stereocenters. The summed E-state index contributed by atoms with van der Waals surface area (Å²) >= 11 is 0. The maximum Gasteiger partial charge on any atom is 0.396 e. The number of nitrogens with one attached hydrogen (secondary N) is 1. The number of aromatic nitrogens is 3. The van der Waals surface area contributed by atoms with Crippen molar-refractivity contribution >= 4 is 5.91 Å². The van der Waals surface area contributed by atoms with Crippen molar-refractivity contribution in [2.75, 3.05) is 0 Å². The van der Waals surface area contributed by atoms with Crippen molar-refractivity contribution in [3.8, 4) is 0 Å². The lowest BCUT2D eigenvalue weighted by Gasteiger charge is -2.21. The van der Waals surface area contributed by atoms with Gasteiger partial charge in [0.05, 0.1) is 12.0 Å². The van der Waals surface area contributed by atoms with Gasteiger partial charge in [-0.2, -0.15) is 13.2 Å². The van der Waals surface area contributed by atoms with Crippen molar-refractivity contribution in [3.63, 3.8) is 0 Å². The van der Waals surface area contributed by atoms with Crippen LogP contribution in [0.25, 0.3) is 0 Å². The Morgan fingerprint density at radius 1 is 1.30 bits per heavy atom. The van der Waals surface area contributed by atoms with E-state index in [1.54, 1.807) is 24.6 Å². The topological polar surface area (TPSA) is 59.8 Å². The van der Waals surface area contributed by atoms with Gasteiger partial charge in [-0.1, -0.05) is 30.3 Å². The molecule has 2 rings (SSSR count). The van der Waals surface area contributed by atoms with Gasteiger partial charge in [0.1, 0.15) is 6.33 Å². The van der Waals surface area contributed by atoms with Gasteiger partial charge in [0.2, 0.25) is 5.91 Å². The van der Waals surface area contributed by atoms with E-state index in [-0.39, 0.29) is 5.56 Å². The number of alkyl halides is 3. The van der Waals surface area contributed by atoms with Crippen LogP contribution in [0.5, 0.6) is 0 Å². The molecule has 0 bridgehead atoms. The Labute approximate surface area is 131 Å². The molecule has 8 heteroatoms. The number of benzene rings is 1. The van der Waals surface area contributed by atoms with Crippen LogP contribution in [-0.2, 0) is 11.8 Å². The summed E-state index contributed by atoms with van der Waals surface area (Å²) in [5.74, 6) is -2.05. The SMILES string of the molecule is CC(NC(=O)CC(c1ccccc1)C(F)(F)F)c1nncn1C. The second kappa shape index (κ2) is 6.80. The Morgan fingerprint density at radius 2 is 1.96 bits per heavy atom. The Kier molecular flexibility index (Phi) is 5.02. The van der Waals surface area contributed by atoms with Crippen LogP contribution < -0.4 is 5.32 Å². The number of halogens is 3. The van der Waals surface area contributed by atoms with Gasteiger partial charge >= 0.3 is 6.18 Å². The van der Waals surface area contributed by atoms with Gasteiger partial charge in [0, 0.05) is 13.5 Å². The predicted molar refractivity (Wildman–Crippen MR) is 77.4 cm³/mol. The van der Waals surface area contributed by atoms with Crippen LogP contribution in [-0.4, -0.2) is 26.8 Å². The number of carbonyl (C=O) groups excluding carboxylic acids is 1. The quantitative estimate of drug-likeness (QED) is 0.919. The first-order chi connectivity index (χ1) is 10.8. The fourth-order valence-electron chi connectivity index (χ4n) is 2.34. The molecule has 2 aromatic rings. The molecule has 0 aliphatic carbocycles. The number of carbonyl (C=O) groups is 1. The predicted octanol–water partition coefficient (Wildman–Crippen LogP) is 2.73. The Balaban J connectivity index is 2.08. The second-order valence-corrected chi connectivity index (χ2v) is 5.30. The molecule has 0 spiro atoms. The molecular formula is C15H17F3N4O. The zero-order valence-corrected chi connectivity index (χ0v) is 12.7. The molecule has 2 unspecified atom stereocenters. The van der Waals surface area contributed by atoms with Crippen molar-refractivity contribution in [2.45, 2.75) is 31.5 Å². The molecule has 0 saturated carbocycles. The summed E-state index contributed by atoms with van der Waals surface area (Å²) in [6.07, 6.45) is -3.71. The summed E-state index contributed by atoms with van der Waals surface area (Å²) in [5.41, 5.74) is 0.0708. The number of hydrogen-bond acceptors (Lipinski definition) is 3. The maximum absolute atomic E-state index is 13.2. The van der Waals surface area contributed by atoms with E-state index in [1.807, 2.05) is 0 Å². The van der Waals surface area contributed by atoms with Crippen LogP contribution in [0, 0.1) is 0 Å². The highest BCUT2D eigenvalue weighted by atomic mass is 19.4. The number of aryl methyl sites for hydroxylation is 1.